The second kappa shape index (κ2) is 7.01. The lowest BCUT2D eigenvalue weighted by atomic mass is 10.2. The summed E-state index contributed by atoms with van der Waals surface area (Å²) in [4.78, 5) is 0. The zero-order valence-electron chi connectivity index (χ0n) is 10.5. The molecule has 0 aliphatic carbocycles. The van der Waals surface area contributed by atoms with Crippen molar-refractivity contribution < 1.29 is 4.74 Å². The smallest absolute Gasteiger partial charge is 0.147 e. The van der Waals surface area contributed by atoms with E-state index in [0.717, 1.165) is 10.0 Å². The van der Waals surface area contributed by atoms with Gasteiger partial charge < -0.3 is 10.1 Å². The van der Waals surface area contributed by atoms with Gasteiger partial charge in [0, 0.05) is 27.7 Å². The maximum absolute atomic E-state index is 6.16. The van der Waals surface area contributed by atoms with Gasteiger partial charge in [-0.1, -0.05) is 40.9 Å². The Bertz CT molecular complexity index is 634. The normalized spacial score (nSPS) is 10.7. The molecule has 2 aromatic rings. The van der Waals surface area contributed by atoms with E-state index in [0.29, 0.717) is 33.1 Å². The van der Waals surface area contributed by atoms with Crippen molar-refractivity contribution in [1.82, 2.24) is 5.32 Å². The van der Waals surface area contributed by atoms with E-state index in [4.69, 9.17) is 39.5 Å². The first-order chi connectivity index (χ1) is 9.51. The third-order valence-electron chi connectivity index (χ3n) is 2.59. The predicted molar refractivity (Wildman–Crippen MR) is 88.5 cm³/mol. The largest absolute Gasteiger partial charge is 0.455 e. The van der Waals surface area contributed by atoms with Crippen LogP contribution >= 0.6 is 50.7 Å². The average molecular weight is 396 g/mol. The molecule has 0 radical (unpaired) electrons. The Hall–Kier alpha value is -0.450. The zero-order valence-corrected chi connectivity index (χ0v) is 14.4. The molecule has 0 fully saturated rings. The molecule has 0 aromatic heterocycles. The number of halogens is 4. The number of nitrogens with one attached hydrogen (secondary N) is 1. The molecule has 0 bridgehead atoms. The fourth-order valence-corrected chi connectivity index (χ4v) is 2.65. The minimum atomic E-state index is 0.469. The Balaban J connectivity index is 2.38. The fraction of sp³-hybridized carbons (Fsp3) is 0.143. The highest BCUT2D eigenvalue weighted by atomic mass is 79.9. The Morgan fingerprint density at radius 3 is 2.50 bits per heavy atom. The lowest BCUT2D eigenvalue weighted by Crippen LogP contribution is -2.06. The molecule has 0 aliphatic rings. The Kier molecular flexibility index (Phi) is 5.58. The molecule has 0 spiro atoms. The molecule has 0 saturated heterocycles. The third kappa shape index (κ3) is 3.80. The van der Waals surface area contributed by atoms with Crippen LogP contribution in [0.4, 0.5) is 0 Å². The number of hydrogen-bond acceptors (Lipinski definition) is 2. The van der Waals surface area contributed by atoms with Gasteiger partial charge in [-0.2, -0.15) is 0 Å². The quantitative estimate of drug-likeness (QED) is 0.649. The standard InChI is InChI=1S/C14H11BrCl3NO/c1-19-7-8-2-3-9(16)4-13(8)20-14-6-11(17)10(15)5-12(14)18/h2-6,19H,7H2,1H3. The molecule has 2 aromatic carbocycles. The molecular formula is C14H11BrCl3NO. The van der Waals surface area contributed by atoms with Crippen LogP contribution in [0.25, 0.3) is 0 Å². The monoisotopic (exact) mass is 393 g/mol. The summed E-state index contributed by atoms with van der Waals surface area (Å²) in [5.74, 6) is 1.13. The SMILES string of the molecule is CNCc1ccc(Cl)cc1Oc1cc(Cl)c(Br)cc1Cl. The van der Waals surface area contributed by atoms with Crippen LogP contribution in [0.5, 0.6) is 11.5 Å². The van der Waals surface area contributed by atoms with Gasteiger partial charge in [0.25, 0.3) is 0 Å². The molecular weight excluding hydrogens is 384 g/mol. The molecule has 20 heavy (non-hydrogen) atoms. The first kappa shape index (κ1) is 15.9. The molecule has 2 rings (SSSR count). The lowest BCUT2D eigenvalue weighted by molar-refractivity contribution is 0.474. The second-order valence-corrected chi connectivity index (χ2v) is 6.19. The van der Waals surface area contributed by atoms with Crippen molar-refractivity contribution >= 4 is 50.7 Å². The van der Waals surface area contributed by atoms with E-state index in [1.54, 1.807) is 18.2 Å². The zero-order chi connectivity index (χ0) is 14.7. The molecule has 2 nitrogen and oxygen atoms in total. The molecule has 0 atom stereocenters. The van der Waals surface area contributed by atoms with Crippen LogP contribution in [0, 0.1) is 0 Å². The summed E-state index contributed by atoms with van der Waals surface area (Å²) in [5.41, 5.74) is 0.979. The van der Waals surface area contributed by atoms with E-state index >= 15 is 0 Å². The van der Waals surface area contributed by atoms with E-state index in [-0.39, 0.29) is 0 Å². The summed E-state index contributed by atoms with van der Waals surface area (Å²) in [7, 11) is 1.86. The van der Waals surface area contributed by atoms with Gasteiger partial charge in [-0.05, 0) is 41.2 Å². The second-order valence-electron chi connectivity index (χ2n) is 4.08. The maximum Gasteiger partial charge on any atom is 0.147 e. The van der Waals surface area contributed by atoms with Crippen LogP contribution < -0.4 is 10.1 Å². The molecule has 0 unspecified atom stereocenters. The summed E-state index contributed by atoms with van der Waals surface area (Å²) in [5, 5.41) is 4.67. The molecule has 0 amide bonds. The van der Waals surface area contributed by atoms with Crippen LogP contribution in [-0.2, 0) is 6.54 Å². The Morgan fingerprint density at radius 2 is 1.80 bits per heavy atom. The van der Waals surface area contributed by atoms with Crippen molar-refractivity contribution in [1.29, 1.82) is 0 Å². The van der Waals surface area contributed by atoms with Gasteiger partial charge in [0.2, 0.25) is 0 Å². The Morgan fingerprint density at radius 1 is 1.05 bits per heavy atom. The minimum Gasteiger partial charge on any atom is -0.455 e. The first-order valence-corrected chi connectivity index (χ1v) is 7.69. The Labute approximate surface area is 141 Å². The number of ether oxygens (including phenoxy) is 1. The number of benzene rings is 2. The van der Waals surface area contributed by atoms with E-state index in [1.807, 2.05) is 19.2 Å². The molecule has 0 saturated carbocycles. The van der Waals surface area contributed by atoms with Gasteiger partial charge >= 0.3 is 0 Å². The summed E-state index contributed by atoms with van der Waals surface area (Å²) >= 11 is 21.5. The highest BCUT2D eigenvalue weighted by Gasteiger charge is 2.11. The van der Waals surface area contributed by atoms with Crippen molar-refractivity contribution in [3.8, 4) is 11.5 Å². The van der Waals surface area contributed by atoms with Crippen molar-refractivity contribution in [2.75, 3.05) is 7.05 Å². The first-order valence-electron chi connectivity index (χ1n) is 5.76. The summed E-state index contributed by atoms with van der Waals surface area (Å²) < 4.78 is 6.57. The molecule has 1 N–H and O–H groups in total. The van der Waals surface area contributed by atoms with Crippen LogP contribution in [0.3, 0.4) is 0 Å². The summed E-state index contributed by atoms with van der Waals surface area (Å²) in [6, 6.07) is 8.83. The van der Waals surface area contributed by atoms with E-state index in [9.17, 15) is 0 Å². The summed E-state index contributed by atoms with van der Waals surface area (Å²) in [6.07, 6.45) is 0. The molecule has 6 heteroatoms. The van der Waals surface area contributed by atoms with Crippen molar-refractivity contribution in [3.63, 3.8) is 0 Å². The highest BCUT2D eigenvalue weighted by molar-refractivity contribution is 9.10. The topological polar surface area (TPSA) is 21.3 Å². The molecule has 0 aliphatic heterocycles. The van der Waals surface area contributed by atoms with Crippen molar-refractivity contribution in [3.05, 3.63) is 55.4 Å². The highest BCUT2D eigenvalue weighted by Crippen LogP contribution is 2.38. The van der Waals surface area contributed by atoms with Gasteiger partial charge in [-0.3, -0.25) is 0 Å². The number of hydrogen-bond donors (Lipinski definition) is 1. The van der Waals surface area contributed by atoms with Gasteiger partial charge in [0.15, 0.2) is 0 Å². The third-order valence-corrected chi connectivity index (χ3v) is 4.32. The van der Waals surface area contributed by atoms with Gasteiger partial charge in [-0.25, -0.2) is 0 Å². The molecule has 106 valence electrons. The van der Waals surface area contributed by atoms with Crippen molar-refractivity contribution in [2.45, 2.75) is 6.54 Å². The van der Waals surface area contributed by atoms with Gasteiger partial charge in [0.1, 0.15) is 11.5 Å². The molecule has 0 heterocycles. The number of rotatable bonds is 4. The predicted octanol–water partition coefficient (Wildman–Crippen LogP) is 5.92. The minimum absolute atomic E-state index is 0.469. The fourth-order valence-electron chi connectivity index (χ4n) is 1.66. The van der Waals surface area contributed by atoms with Gasteiger partial charge in [0.05, 0.1) is 10.0 Å². The van der Waals surface area contributed by atoms with Crippen LogP contribution in [0.15, 0.2) is 34.8 Å². The van der Waals surface area contributed by atoms with Crippen molar-refractivity contribution in [2.24, 2.45) is 0 Å². The maximum atomic E-state index is 6.16. The van der Waals surface area contributed by atoms with E-state index < -0.39 is 0 Å². The van der Waals surface area contributed by atoms with Gasteiger partial charge in [-0.15, -0.1) is 0 Å². The lowest BCUT2D eigenvalue weighted by Gasteiger charge is -2.13. The average Bonchev–Trinajstić information content (AvgIpc) is 2.39. The summed E-state index contributed by atoms with van der Waals surface area (Å²) in [6.45, 7) is 0.661. The van der Waals surface area contributed by atoms with E-state index in [1.165, 1.54) is 0 Å². The van der Waals surface area contributed by atoms with Crippen LogP contribution in [0.1, 0.15) is 5.56 Å². The van der Waals surface area contributed by atoms with E-state index in [2.05, 4.69) is 21.2 Å². The van der Waals surface area contributed by atoms with Crippen LogP contribution in [-0.4, -0.2) is 7.05 Å². The van der Waals surface area contributed by atoms with Crippen LogP contribution in [0.2, 0.25) is 15.1 Å².